The molecule has 0 aliphatic heterocycles. The molecule has 8 heteroatoms. The van der Waals surface area contributed by atoms with Gasteiger partial charge < -0.3 is 9.99 Å². The predicted octanol–water partition coefficient (Wildman–Crippen LogP) is 3.93. The van der Waals surface area contributed by atoms with Gasteiger partial charge in [0.25, 0.3) is 5.56 Å². The largest absolute Gasteiger partial charge is 0.494 e. The number of aromatic nitrogens is 2. The van der Waals surface area contributed by atoms with E-state index in [9.17, 15) is 14.7 Å². The molecule has 33 heavy (non-hydrogen) atoms. The van der Waals surface area contributed by atoms with Crippen LogP contribution in [-0.2, 0) is 17.3 Å². The van der Waals surface area contributed by atoms with Crippen LogP contribution in [0, 0.1) is 0 Å². The van der Waals surface area contributed by atoms with Crippen molar-refractivity contribution in [2.75, 3.05) is 6.26 Å². The summed E-state index contributed by atoms with van der Waals surface area (Å²) in [6.45, 7) is 0.121. The molecule has 4 aromatic rings. The van der Waals surface area contributed by atoms with Crippen molar-refractivity contribution in [3.63, 3.8) is 0 Å². The Kier molecular flexibility index (Phi) is 6.97. The van der Waals surface area contributed by atoms with Crippen molar-refractivity contribution < 1.29 is 14.3 Å². The third kappa shape index (κ3) is 5.02. The van der Waals surface area contributed by atoms with Gasteiger partial charge in [0.2, 0.25) is 5.88 Å². The van der Waals surface area contributed by atoms with Crippen LogP contribution in [0.15, 0.2) is 94.5 Å². The molecule has 0 bridgehead atoms. The van der Waals surface area contributed by atoms with E-state index in [-0.39, 0.29) is 24.4 Å². The van der Waals surface area contributed by atoms with Crippen molar-refractivity contribution in [3.05, 3.63) is 122 Å². The number of hydrogen-bond acceptors (Lipinski definition) is 6. The van der Waals surface area contributed by atoms with Gasteiger partial charge in [0.05, 0.1) is 17.8 Å². The van der Waals surface area contributed by atoms with Crippen molar-refractivity contribution in [1.82, 2.24) is 9.13 Å². The fraction of sp³-hybridized carbons (Fsp3) is 0.120. The average molecular weight is 463 g/mol. The number of rotatable bonds is 8. The predicted molar refractivity (Wildman–Crippen MR) is 128 cm³/mol. The summed E-state index contributed by atoms with van der Waals surface area (Å²) < 4.78 is 7.14. The van der Waals surface area contributed by atoms with Gasteiger partial charge in [-0.05, 0) is 35.4 Å². The molecule has 1 aromatic heterocycles. The lowest BCUT2D eigenvalue weighted by Gasteiger charge is -2.16. The van der Waals surface area contributed by atoms with Gasteiger partial charge in [-0.25, -0.2) is 9.36 Å². The topological polar surface area (TPSA) is 82.7 Å². The van der Waals surface area contributed by atoms with E-state index in [0.717, 1.165) is 27.7 Å². The Bertz CT molecular complexity index is 1260. The zero-order valence-corrected chi connectivity index (χ0v) is 18.7. The van der Waals surface area contributed by atoms with Crippen LogP contribution >= 0.6 is 12.0 Å². The van der Waals surface area contributed by atoms with E-state index in [4.69, 9.17) is 9.22 Å². The summed E-state index contributed by atoms with van der Waals surface area (Å²) in [6, 6.07) is 25.0. The highest BCUT2D eigenvalue weighted by Crippen LogP contribution is 2.20. The van der Waals surface area contributed by atoms with Gasteiger partial charge in [0.15, 0.2) is 5.75 Å². The molecule has 0 radical (unpaired) electrons. The van der Waals surface area contributed by atoms with Crippen molar-refractivity contribution in [2.45, 2.75) is 13.0 Å². The molecule has 0 amide bonds. The quantitative estimate of drug-likeness (QED) is 0.243. The maximum atomic E-state index is 13.4. The summed E-state index contributed by atoms with van der Waals surface area (Å²) in [7, 11) is 0. The van der Waals surface area contributed by atoms with Gasteiger partial charge >= 0.3 is 5.69 Å². The van der Waals surface area contributed by atoms with E-state index >= 15 is 0 Å². The second-order valence-electron chi connectivity index (χ2n) is 7.27. The first-order chi connectivity index (χ1) is 16.1. The van der Waals surface area contributed by atoms with Crippen LogP contribution in [0.1, 0.15) is 16.7 Å². The molecular formula is C25H22N2O5S. The van der Waals surface area contributed by atoms with Crippen molar-refractivity contribution in [1.29, 1.82) is 0 Å². The highest BCUT2D eigenvalue weighted by molar-refractivity contribution is 7.93. The lowest BCUT2D eigenvalue weighted by atomic mass is 10.1. The molecule has 0 aliphatic rings. The number of nitrogens with zero attached hydrogens (tertiary/aromatic N) is 2. The number of benzene rings is 3. The molecule has 3 aromatic carbocycles. The molecule has 4 rings (SSSR count). The van der Waals surface area contributed by atoms with Crippen LogP contribution < -0.4 is 16.1 Å². The molecule has 1 heterocycles. The molecule has 168 valence electrons. The maximum Gasteiger partial charge on any atom is 0.338 e. The lowest BCUT2D eigenvalue weighted by molar-refractivity contribution is -0.0770. The minimum absolute atomic E-state index is 0.121. The van der Waals surface area contributed by atoms with Crippen molar-refractivity contribution >= 4 is 12.0 Å². The normalized spacial score (nSPS) is 10.8. The first-order valence-corrected chi connectivity index (χ1v) is 11.4. The Hall–Kier alpha value is -3.75. The van der Waals surface area contributed by atoms with Crippen LogP contribution in [0.5, 0.6) is 11.6 Å². The third-order valence-corrected chi connectivity index (χ3v) is 5.31. The first-order valence-electron chi connectivity index (χ1n) is 10.2. The molecule has 0 saturated carbocycles. The zero-order chi connectivity index (χ0) is 23.2. The molecule has 0 saturated heterocycles. The monoisotopic (exact) mass is 462 g/mol. The summed E-state index contributed by atoms with van der Waals surface area (Å²) in [6.07, 6.45) is 1.90. The highest BCUT2D eigenvalue weighted by Gasteiger charge is 2.20. The molecule has 0 spiro atoms. The Morgan fingerprint density at radius 2 is 1.45 bits per heavy atom. The van der Waals surface area contributed by atoms with Crippen molar-refractivity contribution in [3.8, 4) is 17.3 Å². The Morgan fingerprint density at radius 1 is 0.848 bits per heavy atom. The fourth-order valence-electron chi connectivity index (χ4n) is 3.51. The van der Waals surface area contributed by atoms with E-state index in [0.29, 0.717) is 11.4 Å². The summed E-state index contributed by atoms with van der Waals surface area (Å²) in [5.41, 5.74) is 0.968. The maximum absolute atomic E-state index is 13.4. The molecule has 0 unspecified atom stereocenters. The van der Waals surface area contributed by atoms with Crippen molar-refractivity contribution in [2.24, 2.45) is 0 Å². The summed E-state index contributed by atoms with van der Waals surface area (Å²) in [5, 5.41) is 11.0. The average Bonchev–Trinajstić information content (AvgIpc) is 2.85. The summed E-state index contributed by atoms with van der Waals surface area (Å²) in [5.74, 6) is 0.0938. The molecular weight excluding hydrogens is 440 g/mol. The smallest absolute Gasteiger partial charge is 0.338 e. The van der Waals surface area contributed by atoms with E-state index in [1.165, 1.54) is 4.57 Å². The van der Waals surface area contributed by atoms with E-state index in [2.05, 4.69) is 0 Å². The second kappa shape index (κ2) is 10.2. The van der Waals surface area contributed by atoms with Gasteiger partial charge in [-0.1, -0.05) is 60.7 Å². The first kappa shape index (κ1) is 22.4. The molecule has 0 atom stereocenters. The Labute approximate surface area is 194 Å². The van der Waals surface area contributed by atoms with Crippen LogP contribution in [0.3, 0.4) is 0 Å². The summed E-state index contributed by atoms with van der Waals surface area (Å²) in [4.78, 5) is 31.9. The fourth-order valence-corrected chi connectivity index (χ4v) is 3.65. The lowest BCUT2D eigenvalue weighted by Crippen LogP contribution is -2.40. The van der Waals surface area contributed by atoms with Gasteiger partial charge in [-0.2, -0.15) is 0 Å². The number of hydrogen-bond donors (Lipinski definition) is 1. The Morgan fingerprint density at radius 3 is 2.06 bits per heavy atom. The molecule has 0 fully saturated rings. The van der Waals surface area contributed by atoms with Crippen LogP contribution in [0.2, 0.25) is 0 Å². The third-order valence-electron chi connectivity index (χ3n) is 5.11. The van der Waals surface area contributed by atoms with Crippen LogP contribution in [0.25, 0.3) is 5.69 Å². The Balaban J connectivity index is 1.86. The van der Waals surface area contributed by atoms with Crippen LogP contribution in [-0.4, -0.2) is 20.5 Å². The van der Waals surface area contributed by atoms with E-state index in [1.54, 1.807) is 30.5 Å². The minimum Gasteiger partial charge on any atom is -0.494 e. The molecule has 1 N–H and O–H groups in total. The highest BCUT2D eigenvalue weighted by atomic mass is 32.2. The van der Waals surface area contributed by atoms with Gasteiger partial charge in [0, 0.05) is 24.7 Å². The second-order valence-corrected chi connectivity index (χ2v) is 7.74. The van der Waals surface area contributed by atoms with Gasteiger partial charge in [0.1, 0.15) is 0 Å². The van der Waals surface area contributed by atoms with E-state index < -0.39 is 11.2 Å². The molecule has 0 aliphatic carbocycles. The van der Waals surface area contributed by atoms with E-state index in [1.807, 2.05) is 60.7 Å². The van der Waals surface area contributed by atoms with Crippen LogP contribution in [0.4, 0.5) is 0 Å². The standard InChI is InChI=1S/C25H22N2O5S/c1-33-32-31-21-14-12-20(13-15-21)27-24(29)22(16-18-8-4-2-5-9-18)23(28)26(25(27)30)17-19-10-6-3-7-11-19/h2-15,28H,16-17H2,1H3. The minimum atomic E-state index is -0.632. The SMILES string of the molecule is CSOOc1ccc(-n2c(=O)c(Cc3ccccc3)c(O)n(Cc3ccccc3)c2=O)cc1. The molecule has 7 nitrogen and oxygen atoms in total. The summed E-state index contributed by atoms with van der Waals surface area (Å²) >= 11 is 1.05. The zero-order valence-electron chi connectivity index (χ0n) is 17.9. The van der Waals surface area contributed by atoms with Gasteiger partial charge in [-0.3, -0.25) is 9.36 Å². The number of aromatic hydroxyl groups is 1. The van der Waals surface area contributed by atoms with Gasteiger partial charge in [-0.15, -0.1) is 4.33 Å².